The van der Waals surface area contributed by atoms with Crippen molar-refractivity contribution >= 4 is 11.6 Å². The summed E-state index contributed by atoms with van der Waals surface area (Å²) in [4.78, 5) is 18.0. The summed E-state index contributed by atoms with van der Waals surface area (Å²) < 4.78 is 5.89. The first kappa shape index (κ1) is 17.7. The maximum atomic E-state index is 12.8. The van der Waals surface area contributed by atoms with Gasteiger partial charge in [0.2, 0.25) is 5.82 Å². The number of likely N-dealkylation sites (N-methyl/N-ethyl adjacent to an activating group) is 1. The molecule has 0 bridgehead atoms. The van der Waals surface area contributed by atoms with Gasteiger partial charge in [-0.1, -0.05) is 42.5 Å². The number of carbonyl (C=O) groups is 1. The number of benzene rings is 2. The number of rotatable bonds is 4. The van der Waals surface area contributed by atoms with Crippen molar-refractivity contribution in [1.82, 2.24) is 20.5 Å². The molecule has 1 fully saturated rings. The van der Waals surface area contributed by atoms with Crippen LogP contribution in [0.3, 0.4) is 0 Å². The van der Waals surface area contributed by atoms with Gasteiger partial charge in [0.25, 0.3) is 5.91 Å². The molecule has 2 heterocycles. The van der Waals surface area contributed by atoms with Crippen LogP contribution in [0, 0.1) is 0 Å². The summed E-state index contributed by atoms with van der Waals surface area (Å²) in [7, 11) is 2.00. The molecule has 1 saturated carbocycles. The molecule has 2 N–H and O–H groups in total. The number of H-pyrrole nitrogens is 1. The van der Waals surface area contributed by atoms with Crippen LogP contribution in [0.25, 0.3) is 0 Å². The number of nitrogens with one attached hydrogen (secondary N) is 2. The Morgan fingerprint density at radius 1 is 1.14 bits per heavy atom. The first-order chi connectivity index (χ1) is 14.2. The molecule has 0 saturated heterocycles. The average molecular weight is 389 g/mol. The van der Waals surface area contributed by atoms with Crippen LogP contribution in [0.4, 0.5) is 5.69 Å². The van der Waals surface area contributed by atoms with E-state index >= 15 is 0 Å². The molecular weight excluding hydrogens is 366 g/mol. The first-order valence-electron chi connectivity index (χ1n) is 9.88. The van der Waals surface area contributed by atoms with Crippen LogP contribution in [0.2, 0.25) is 0 Å². The Hall–Kier alpha value is -3.35. The lowest BCUT2D eigenvalue weighted by atomic mass is 9.95. The molecule has 1 amide bonds. The Balaban J connectivity index is 1.29. The highest BCUT2D eigenvalue weighted by molar-refractivity contribution is 5.90. The Kier molecular flexibility index (Phi) is 4.23. The second kappa shape index (κ2) is 6.92. The number of para-hydroxylation sites is 2. The molecule has 2 aliphatic rings. The molecule has 1 aliphatic carbocycles. The number of hydrogen-bond acceptors (Lipinski definition) is 5. The molecule has 0 unspecified atom stereocenters. The summed E-state index contributed by atoms with van der Waals surface area (Å²) >= 11 is 0. The van der Waals surface area contributed by atoms with Crippen LogP contribution in [0.15, 0.2) is 54.6 Å². The second-order valence-corrected chi connectivity index (χ2v) is 7.80. The number of hydrogen-bond donors (Lipinski definition) is 2. The van der Waals surface area contributed by atoms with Crippen LogP contribution in [-0.2, 0) is 5.41 Å². The van der Waals surface area contributed by atoms with Gasteiger partial charge in [0.15, 0.2) is 0 Å². The monoisotopic (exact) mass is 389 g/mol. The highest BCUT2D eigenvalue weighted by atomic mass is 16.5. The first-order valence-corrected chi connectivity index (χ1v) is 9.88. The lowest BCUT2D eigenvalue weighted by Gasteiger charge is -2.21. The standard InChI is InChI=1S/C22H23N5O2/c1-27-13-16(14-29-18-10-6-5-9-17(18)27)23-20(28)19-24-21(26-25-19)22(11-12-22)15-7-3-2-4-8-15/h2-10,16H,11-14H2,1H3,(H,23,28)(H,24,25,26)/t16-/m1/s1. The van der Waals surface area contributed by atoms with Crippen molar-refractivity contribution in [3.05, 3.63) is 71.8 Å². The van der Waals surface area contributed by atoms with Crippen molar-refractivity contribution < 1.29 is 9.53 Å². The third-order valence-electron chi connectivity index (χ3n) is 5.78. The maximum Gasteiger partial charge on any atom is 0.289 e. The normalized spacial score (nSPS) is 19.6. The molecule has 29 heavy (non-hydrogen) atoms. The number of aromatic amines is 1. The minimum Gasteiger partial charge on any atom is -0.489 e. The van der Waals surface area contributed by atoms with Gasteiger partial charge in [-0.15, -0.1) is 10.2 Å². The van der Waals surface area contributed by atoms with E-state index in [1.807, 2.05) is 49.5 Å². The molecular formula is C22H23N5O2. The highest BCUT2D eigenvalue weighted by Gasteiger charge is 2.49. The van der Waals surface area contributed by atoms with E-state index in [2.05, 4.69) is 37.5 Å². The number of carbonyl (C=O) groups excluding carboxylic acids is 1. The van der Waals surface area contributed by atoms with Gasteiger partial charge in [0.1, 0.15) is 18.2 Å². The van der Waals surface area contributed by atoms with Gasteiger partial charge in [-0.2, -0.15) is 0 Å². The molecule has 148 valence electrons. The van der Waals surface area contributed by atoms with E-state index in [9.17, 15) is 4.79 Å². The molecule has 5 rings (SSSR count). The summed E-state index contributed by atoms with van der Waals surface area (Å²) in [5.74, 6) is 1.56. The van der Waals surface area contributed by atoms with E-state index in [0.717, 1.165) is 30.1 Å². The molecule has 1 atom stereocenters. The zero-order valence-corrected chi connectivity index (χ0v) is 16.3. The third-order valence-corrected chi connectivity index (χ3v) is 5.78. The number of nitrogens with zero attached hydrogens (tertiary/aromatic N) is 3. The van der Waals surface area contributed by atoms with Gasteiger partial charge in [0, 0.05) is 13.6 Å². The predicted octanol–water partition coefficient (Wildman–Crippen LogP) is 2.51. The van der Waals surface area contributed by atoms with Crippen molar-refractivity contribution in [1.29, 1.82) is 0 Å². The van der Waals surface area contributed by atoms with Crippen LogP contribution < -0.4 is 15.0 Å². The van der Waals surface area contributed by atoms with Gasteiger partial charge < -0.3 is 19.9 Å². The average Bonchev–Trinajstić information content (AvgIpc) is 3.44. The summed E-state index contributed by atoms with van der Waals surface area (Å²) in [5, 5.41) is 11.4. The van der Waals surface area contributed by atoms with Gasteiger partial charge in [-0.05, 0) is 30.5 Å². The number of anilines is 1. The van der Waals surface area contributed by atoms with Crippen molar-refractivity contribution in [3.8, 4) is 5.75 Å². The Morgan fingerprint density at radius 3 is 2.69 bits per heavy atom. The zero-order valence-electron chi connectivity index (χ0n) is 16.3. The SMILES string of the molecule is CN1C[C@@H](NC(=O)c2nnc(C3(c4ccccc4)CC3)[nH]2)COc2ccccc21. The molecule has 0 spiro atoms. The molecule has 1 aromatic heterocycles. The van der Waals surface area contributed by atoms with E-state index in [4.69, 9.17) is 4.74 Å². The summed E-state index contributed by atoms with van der Waals surface area (Å²) in [6.07, 6.45) is 2.01. The quantitative estimate of drug-likeness (QED) is 0.716. The number of fused-ring (bicyclic) bond motifs is 1. The largest absolute Gasteiger partial charge is 0.489 e. The fourth-order valence-electron chi connectivity index (χ4n) is 4.03. The third kappa shape index (κ3) is 3.22. The Labute approximate surface area is 169 Å². The van der Waals surface area contributed by atoms with Gasteiger partial charge in [-0.25, -0.2) is 0 Å². The molecule has 2 aromatic carbocycles. The second-order valence-electron chi connectivity index (χ2n) is 7.80. The zero-order chi connectivity index (χ0) is 19.8. The minimum atomic E-state index is -0.263. The van der Waals surface area contributed by atoms with Crippen molar-refractivity contribution in [2.75, 3.05) is 25.1 Å². The van der Waals surface area contributed by atoms with Crippen molar-refractivity contribution in [2.45, 2.75) is 24.3 Å². The topological polar surface area (TPSA) is 83.1 Å². The molecule has 1 aliphatic heterocycles. The Bertz CT molecular complexity index is 1030. The van der Waals surface area contributed by atoms with Crippen molar-refractivity contribution in [3.63, 3.8) is 0 Å². The molecule has 0 radical (unpaired) electrons. The number of amides is 1. The van der Waals surface area contributed by atoms with E-state index < -0.39 is 0 Å². The lowest BCUT2D eigenvalue weighted by molar-refractivity contribution is 0.0915. The molecule has 3 aromatic rings. The van der Waals surface area contributed by atoms with Gasteiger partial charge >= 0.3 is 0 Å². The van der Waals surface area contributed by atoms with Crippen LogP contribution >= 0.6 is 0 Å². The van der Waals surface area contributed by atoms with Gasteiger partial charge in [0.05, 0.1) is 17.1 Å². The fraction of sp³-hybridized carbons (Fsp3) is 0.318. The number of ether oxygens (including phenoxy) is 1. The predicted molar refractivity (Wildman–Crippen MR) is 109 cm³/mol. The van der Waals surface area contributed by atoms with E-state index in [1.165, 1.54) is 5.56 Å². The number of aromatic nitrogens is 3. The van der Waals surface area contributed by atoms with Crippen LogP contribution in [-0.4, -0.2) is 47.3 Å². The van der Waals surface area contributed by atoms with E-state index in [-0.39, 0.29) is 23.2 Å². The summed E-state index contributed by atoms with van der Waals surface area (Å²) in [5.41, 5.74) is 2.09. The smallest absolute Gasteiger partial charge is 0.289 e. The van der Waals surface area contributed by atoms with Crippen LogP contribution in [0.1, 0.15) is 34.8 Å². The highest BCUT2D eigenvalue weighted by Crippen LogP contribution is 2.51. The minimum absolute atomic E-state index is 0.139. The van der Waals surface area contributed by atoms with E-state index in [0.29, 0.717) is 13.2 Å². The molecule has 7 heteroatoms. The van der Waals surface area contributed by atoms with Gasteiger partial charge in [-0.3, -0.25) is 4.79 Å². The molecule has 7 nitrogen and oxygen atoms in total. The lowest BCUT2D eigenvalue weighted by Crippen LogP contribution is -2.45. The Morgan fingerprint density at radius 2 is 1.90 bits per heavy atom. The summed E-state index contributed by atoms with van der Waals surface area (Å²) in [6.45, 7) is 1.06. The maximum absolute atomic E-state index is 12.8. The summed E-state index contributed by atoms with van der Waals surface area (Å²) in [6, 6.07) is 18.0. The fourth-order valence-corrected chi connectivity index (χ4v) is 4.03. The van der Waals surface area contributed by atoms with Crippen LogP contribution in [0.5, 0.6) is 5.75 Å². The van der Waals surface area contributed by atoms with E-state index in [1.54, 1.807) is 0 Å². The van der Waals surface area contributed by atoms with Crippen molar-refractivity contribution in [2.24, 2.45) is 0 Å².